The van der Waals surface area contributed by atoms with Crippen molar-refractivity contribution in [2.45, 2.75) is 70.6 Å². The van der Waals surface area contributed by atoms with Crippen LogP contribution < -0.4 is 0 Å². The minimum Gasteiger partial charge on any atom is -0.333 e. The van der Waals surface area contributed by atoms with Gasteiger partial charge < -0.3 is 9.80 Å². The Morgan fingerprint density at radius 2 is 1.39 bits per heavy atom. The third kappa shape index (κ3) is 7.86. The average Bonchev–Trinajstić information content (AvgIpc) is 3.49. The third-order valence-corrected chi connectivity index (χ3v) is 14.8. The highest BCUT2D eigenvalue weighted by Crippen LogP contribution is 2.47. The molecule has 0 spiro atoms. The Kier molecular flexibility index (Phi) is 11.2. The molecule has 6 heterocycles. The van der Waals surface area contributed by atoms with Crippen molar-refractivity contribution in [3.8, 4) is 22.3 Å². The molecule has 13 heteroatoms. The van der Waals surface area contributed by atoms with E-state index in [-0.39, 0.29) is 23.7 Å². The Morgan fingerprint density at radius 3 is 2.05 bits per heavy atom. The Bertz CT molecular complexity index is 2620. The van der Waals surface area contributed by atoms with Gasteiger partial charge in [0.2, 0.25) is 11.8 Å². The van der Waals surface area contributed by atoms with Crippen molar-refractivity contribution >= 4 is 69.3 Å². The van der Waals surface area contributed by atoms with Crippen LogP contribution in [-0.4, -0.2) is 54.3 Å². The summed E-state index contributed by atoms with van der Waals surface area (Å²) >= 11 is 23.4. The number of halogens is 3. The van der Waals surface area contributed by atoms with E-state index < -0.39 is 0 Å². The topological polar surface area (TPSA) is 76.3 Å². The van der Waals surface area contributed by atoms with Gasteiger partial charge in [0.05, 0.1) is 27.5 Å². The van der Waals surface area contributed by atoms with Crippen LogP contribution in [0.25, 0.3) is 22.3 Å². The van der Waals surface area contributed by atoms with Gasteiger partial charge in [-0.05, 0) is 102 Å². The summed E-state index contributed by atoms with van der Waals surface area (Å²) in [6, 6.07) is 18.9. The lowest BCUT2D eigenvalue weighted by Crippen LogP contribution is -2.37. The summed E-state index contributed by atoms with van der Waals surface area (Å²) in [4.78, 5) is 32.0. The lowest BCUT2D eigenvalue weighted by Gasteiger charge is -2.34. The highest BCUT2D eigenvalue weighted by Gasteiger charge is 2.35. The number of benzene rings is 2. The zero-order valence-electron chi connectivity index (χ0n) is 32.7. The maximum atomic E-state index is 13.2. The van der Waals surface area contributed by atoms with Crippen molar-refractivity contribution < 1.29 is 9.59 Å². The first-order valence-corrected chi connectivity index (χ1v) is 22.8. The number of aromatic nitrogens is 4. The molecule has 4 aromatic heterocycles. The van der Waals surface area contributed by atoms with E-state index >= 15 is 0 Å². The van der Waals surface area contributed by atoms with Crippen LogP contribution in [0.15, 0.2) is 92.3 Å². The summed E-state index contributed by atoms with van der Waals surface area (Å²) in [5.74, 6) is 0.245. The number of nitrogens with zero attached hydrogens (tertiary/aromatic N) is 6. The molecule has 0 saturated heterocycles. The Labute approximate surface area is 367 Å². The van der Waals surface area contributed by atoms with Crippen LogP contribution in [0.5, 0.6) is 0 Å². The summed E-state index contributed by atoms with van der Waals surface area (Å²) in [5, 5.41) is 10.3. The van der Waals surface area contributed by atoms with Gasteiger partial charge in [-0.15, -0.1) is 22.7 Å². The van der Waals surface area contributed by atoms with Gasteiger partial charge in [0.15, 0.2) is 5.15 Å². The lowest BCUT2D eigenvalue weighted by molar-refractivity contribution is -0.127. The molecular weight excluding hydrogens is 839 g/mol. The quantitative estimate of drug-likeness (QED) is 0.115. The van der Waals surface area contributed by atoms with E-state index in [9.17, 15) is 9.59 Å². The van der Waals surface area contributed by atoms with E-state index in [2.05, 4.69) is 62.7 Å². The minimum atomic E-state index is -0.112. The number of rotatable bonds is 12. The molecule has 1 fully saturated rings. The summed E-state index contributed by atoms with van der Waals surface area (Å²) < 4.78 is 5.39. The summed E-state index contributed by atoms with van der Waals surface area (Å²) in [7, 11) is 0. The number of hydrogen-bond donors (Lipinski definition) is 0. The number of amides is 2. The molecule has 0 radical (unpaired) electrons. The van der Waals surface area contributed by atoms with E-state index in [1.165, 1.54) is 53.0 Å². The molecular formula is C46H43Cl3N6O2S2. The number of aryl methyl sites for hydroxylation is 3. The van der Waals surface area contributed by atoms with Crippen molar-refractivity contribution in [2.24, 2.45) is 5.92 Å². The molecule has 2 atom stereocenters. The molecule has 2 aliphatic heterocycles. The molecule has 1 aliphatic carbocycles. The molecule has 2 aromatic carbocycles. The standard InChI is InChI=1S/C46H43Cl3N6O2S2/c1-4-43(56)52-21-34(32-19-41(47)58-39(32)25-52)29-11-7-8-12-30(29)37-24-55(51-46(37)49)17-16-28-10-9-13-31(35-23-54(6-3)50-38(35)18-27-14-15-27)45(28)36-22-53(44(57)5-2)26-40-33(36)20-42(48)59-40/h4-5,7-13,19-20,23-24,27,34,36H,1-2,6,14-18,21-22,25-26H2,3H3/t34-,36-/m1/s1. The molecule has 1 saturated carbocycles. The second-order valence-corrected chi connectivity index (χ2v) is 19.5. The number of carbonyl (C=O) groups excluding carboxylic acids is 2. The van der Waals surface area contributed by atoms with Crippen LogP contribution in [0.1, 0.15) is 74.9 Å². The van der Waals surface area contributed by atoms with Crippen molar-refractivity contribution in [1.29, 1.82) is 0 Å². The van der Waals surface area contributed by atoms with Crippen molar-refractivity contribution in [2.75, 3.05) is 13.1 Å². The largest absolute Gasteiger partial charge is 0.333 e. The molecule has 59 heavy (non-hydrogen) atoms. The second kappa shape index (κ2) is 16.5. The molecule has 3 aliphatic rings. The first-order valence-electron chi connectivity index (χ1n) is 20.0. The zero-order valence-corrected chi connectivity index (χ0v) is 36.6. The third-order valence-electron chi connectivity index (χ3n) is 12.0. The van der Waals surface area contributed by atoms with Gasteiger partial charge in [-0.3, -0.25) is 19.0 Å². The van der Waals surface area contributed by atoms with Gasteiger partial charge in [0, 0.05) is 71.3 Å². The van der Waals surface area contributed by atoms with Crippen LogP contribution in [0.2, 0.25) is 13.8 Å². The van der Waals surface area contributed by atoms with E-state index in [4.69, 9.17) is 45.0 Å². The van der Waals surface area contributed by atoms with Crippen molar-refractivity contribution in [1.82, 2.24) is 29.4 Å². The van der Waals surface area contributed by atoms with Crippen LogP contribution in [0, 0.1) is 5.92 Å². The normalized spacial score (nSPS) is 17.5. The summed E-state index contributed by atoms with van der Waals surface area (Å²) in [6.45, 7) is 13.0. The SMILES string of the molecule is C=CC(=O)N1Cc2sc(Cl)cc2[C@@H](c2ccccc2-c2cn(CCc3cccc(-c4cn(CC)nc4CC4CC4)c3[C@@H]3CN(C(=O)C=C)Cc4sc(Cl)cc43)nc2Cl)C1. The fourth-order valence-corrected chi connectivity index (χ4v) is 11.9. The van der Waals surface area contributed by atoms with Crippen LogP contribution in [0.3, 0.4) is 0 Å². The molecule has 302 valence electrons. The fraction of sp³-hybridized carbons (Fsp3) is 0.304. The number of thiophene rings is 2. The Balaban J connectivity index is 1.09. The smallest absolute Gasteiger partial charge is 0.246 e. The van der Waals surface area contributed by atoms with Crippen LogP contribution >= 0.6 is 57.5 Å². The van der Waals surface area contributed by atoms with Gasteiger partial charge in [-0.25, -0.2) is 0 Å². The van der Waals surface area contributed by atoms with Crippen molar-refractivity contribution in [3.05, 3.63) is 149 Å². The molecule has 8 nitrogen and oxygen atoms in total. The number of hydrogen-bond acceptors (Lipinski definition) is 6. The second-order valence-electron chi connectivity index (χ2n) is 15.6. The predicted molar refractivity (Wildman–Crippen MR) is 240 cm³/mol. The number of fused-ring (bicyclic) bond motifs is 2. The van der Waals surface area contributed by atoms with Crippen molar-refractivity contribution in [3.63, 3.8) is 0 Å². The molecule has 0 unspecified atom stereocenters. The van der Waals surface area contributed by atoms with E-state index in [1.54, 1.807) is 11.3 Å². The van der Waals surface area contributed by atoms with Gasteiger partial charge in [-0.1, -0.05) is 90.4 Å². The van der Waals surface area contributed by atoms with Gasteiger partial charge >= 0.3 is 0 Å². The van der Waals surface area contributed by atoms with Crippen LogP contribution in [-0.2, 0) is 48.6 Å². The monoisotopic (exact) mass is 880 g/mol. The van der Waals surface area contributed by atoms with Gasteiger partial charge in [0.1, 0.15) is 0 Å². The number of carbonyl (C=O) groups is 2. The minimum absolute atomic E-state index is 0.0945. The van der Waals surface area contributed by atoms with Gasteiger partial charge in [0.25, 0.3) is 0 Å². The lowest BCUT2D eigenvalue weighted by atomic mass is 9.80. The first kappa shape index (κ1) is 40.0. The Morgan fingerprint density at radius 1 is 0.763 bits per heavy atom. The summed E-state index contributed by atoms with van der Waals surface area (Å²) in [6.07, 6.45) is 11.1. The first-order chi connectivity index (χ1) is 28.6. The highest BCUT2D eigenvalue weighted by molar-refractivity contribution is 7.16. The van der Waals surface area contributed by atoms with E-state index in [1.807, 2.05) is 43.6 Å². The molecule has 0 bridgehead atoms. The van der Waals surface area contributed by atoms with Gasteiger partial charge in [-0.2, -0.15) is 10.2 Å². The predicted octanol–water partition coefficient (Wildman–Crippen LogP) is 11.0. The van der Waals surface area contributed by atoms with E-state index in [0.29, 0.717) is 58.9 Å². The average molecular weight is 882 g/mol. The molecule has 6 aromatic rings. The Hall–Kier alpha value is -4.45. The van der Waals surface area contributed by atoms with E-state index in [0.717, 1.165) is 61.8 Å². The molecule has 2 amide bonds. The molecule has 9 rings (SSSR count). The zero-order chi connectivity index (χ0) is 40.9. The highest BCUT2D eigenvalue weighted by atomic mass is 35.5. The molecule has 0 N–H and O–H groups in total. The maximum absolute atomic E-state index is 13.2. The van der Waals surface area contributed by atoms with Crippen LogP contribution in [0.4, 0.5) is 0 Å². The summed E-state index contributed by atoms with van der Waals surface area (Å²) in [5.41, 5.74) is 10.9. The maximum Gasteiger partial charge on any atom is 0.246 e. The fourth-order valence-electron chi connectivity index (χ4n) is 8.92.